The first-order valence-electron chi connectivity index (χ1n) is 4.63. The molecule has 0 aliphatic rings. The number of hydrogen-bond acceptors (Lipinski definition) is 3. The SMILES string of the molecule is CC(C)(C)OC(=O)NN=Cc1ccc[nH]1. The van der Waals surface area contributed by atoms with Crippen molar-refractivity contribution < 1.29 is 9.53 Å². The van der Waals surface area contributed by atoms with Gasteiger partial charge in [-0.05, 0) is 32.9 Å². The van der Waals surface area contributed by atoms with Crippen molar-refractivity contribution in [1.29, 1.82) is 0 Å². The van der Waals surface area contributed by atoms with E-state index in [0.717, 1.165) is 5.69 Å². The molecule has 1 amide bonds. The van der Waals surface area contributed by atoms with Crippen LogP contribution in [0.15, 0.2) is 23.4 Å². The van der Waals surface area contributed by atoms with Crippen LogP contribution in [0, 0.1) is 0 Å². The minimum absolute atomic E-state index is 0.508. The average molecular weight is 209 g/mol. The topological polar surface area (TPSA) is 66.5 Å². The Bertz CT molecular complexity index is 336. The Kier molecular flexibility index (Phi) is 3.49. The molecule has 82 valence electrons. The van der Waals surface area contributed by atoms with Crippen LogP contribution in [0.3, 0.4) is 0 Å². The van der Waals surface area contributed by atoms with Crippen LogP contribution >= 0.6 is 0 Å². The lowest BCUT2D eigenvalue weighted by Crippen LogP contribution is -2.29. The summed E-state index contributed by atoms with van der Waals surface area (Å²) in [7, 11) is 0. The number of amides is 1. The van der Waals surface area contributed by atoms with E-state index in [2.05, 4.69) is 15.5 Å². The zero-order chi connectivity index (χ0) is 11.3. The Morgan fingerprint density at radius 3 is 2.87 bits per heavy atom. The maximum absolute atomic E-state index is 11.1. The highest BCUT2D eigenvalue weighted by atomic mass is 16.6. The predicted molar refractivity (Wildman–Crippen MR) is 57.8 cm³/mol. The van der Waals surface area contributed by atoms with Crippen LogP contribution in [0.4, 0.5) is 4.79 Å². The summed E-state index contributed by atoms with van der Waals surface area (Å²) in [5, 5.41) is 3.72. The summed E-state index contributed by atoms with van der Waals surface area (Å²) in [5.74, 6) is 0. The van der Waals surface area contributed by atoms with Crippen LogP contribution < -0.4 is 5.43 Å². The van der Waals surface area contributed by atoms with Crippen molar-refractivity contribution in [3.63, 3.8) is 0 Å². The molecule has 0 bridgehead atoms. The second kappa shape index (κ2) is 4.63. The van der Waals surface area contributed by atoms with E-state index < -0.39 is 11.7 Å². The molecule has 0 aliphatic heterocycles. The fourth-order valence-corrected chi connectivity index (χ4v) is 0.880. The van der Waals surface area contributed by atoms with Gasteiger partial charge in [0.25, 0.3) is 0 Å². The third kappa shape index (κ3) is 4.85. The van der Waals surface area contributed by atoms with Gasteiger partial charge in [0.05, 0.1) is 11.9 Å². The fourth-order valence-electron chi connectivity index (χ4n) is 0.880. The van der Waals surface area contributed by atoms with Crippen molar-refractivity contribution >= 4 is 12.3 Å². The first-order chi connectivity index (χ1) is 6.97. The molecular weight excluding hydrogens is 194 g/mol. The molecule has 5 heteroatoms. The number of carbonyl (C=O) groups excluding carboxylic acids is 1. The molecule has 0 fully saturated rings. The highest BCUT2D eigenvalue weighted by Gasteiger charge is 2.15. The highest BCUT2D eigenvalue weighted by molar-refractivity contribution is 5.78. The van der Waals surface area contributed by atoms with Crippen LogP contribution in [-0.4, -0.2) is 22.9 Å². The third-order valence-electron chi connectivity index (χ3n) is 1.38. The van der Waals surface area contributed by atoms with Crippen molar-refractivity contribution in [2.45, 2.75) is 26.4 Å². The molecule has 0 saturated heterocycles. The van der Waals surface area contributed by atoms with Gasteiger partial charge in [0.15, 0.2) is 0 Å². The highest BCUT2D eigenvalue weighted by Crippen LogP contribution is 2.06. The zero-order valence-electron chi connectivity index (χ0n) is 9.07. The van der Waals surface area contributed by atoms with Crippen molar-refractivity contribution in [2.24, 2.45) is 5.10 Å². The zero-order valence-corrected chi connectivity index (χ0v) is 9.07. The first kappa shape index (κ1) is 11.3. The Labute approximate surface area is 88.5 Å². The number of rotatable bonds is 2. The summed E-state index contributed by atoms with van der Waals surface area (Å²) >= 11 is 0. The fraction of sp³-hybridized carbons (Fsp3) is 0.400. The number of aromatic nitrogens is 1. The standard InChI is InChI=1S/C10H15N3O2/c1-10(2,3)15-9(14)13-12-7-8-5-4-6-11-8/h4-7,11H,1-3H3,(H,13,14). The van der Waals surface area contributed by atoms with Gasteiger partial charge in [-0.3, -0.25) is 0 Å². The van der Waals surface area contributed by atoms with Gasteiger partial charge >= 0.3 is 6.09 Å². The minimum Gasteiger partial charge on any atom is -0.443 e. The van der Waals surface area contributed by atoms with Crippen molar-refractivity contribution in [3.05, 3.63) is 24.0 Å². The number of hydrogen-bond donors (Lipinski definition) is 2. The van der Waals surface area contributed by atoms with Gasteiger partial charge in [-0.1, -0.05) is 0 Å². The molecule has 1 heterocycles. The first-order valence-corrected chi connectivity index (χ1v) is 4.63. The smallest absolute Gasteiger partial charge is 0.428 e. The van der Waals surface area contributed by atoms with Crippen LogP contribution in [0.2, 0.25) is 0 Å². The lowest BCUT2D eigenvalue weighted by molar-refractivity contribution is 0.0529. The van der Waals surface area contributed by atoms with Gasteiger partial charge in [-0.25, -0.2) is 10.2 Å². The summed E-state index contributed by atoms with van der Waals surface area (Å²) in [4.78, 5) is 14.0. The van der Waals surface area contributed by atoms with Gasteiger partial charge in [0.2, 0.25) is 0 Å². The lowest BCUT2D eigenvalue weighted by Gasteiger charge is -2.18. The number of nitrogens with one attached hydrogen (secondary N) is 2. The Morgan fingerprint density at radius 2 is 2.33 bits per heavy atom. The predicted octanol–water partition coefficient (Wildman–Crippen LogP) is 1.87. The van der Waals surface area contributed by atoms with E-state index in [0.29, 0.717) is 0 Å². The van der Waals surface area contributed by atoms with Crippen molar-refractivity contribution in [1.82, 2.24) is 10.4 Å². The second-order valence-electron chi connectivity index (χ2n) is 4.00. The average Bonchev–Trinajstić information content (AvgIpc) is 2.53. The molecule has 2 N–H and O–H groups in total. The Balaban J connectivity index is 2.35. The van der Waals surface area contributed by atoms with E-state index in [1.165, 1.54) is 6.21 Å². The molecule has 0 radical (unpaired) electrons. The number of nitrogens with zero attached hydrogens (tertiary/aromatic N) is 1. The summed E-state index contributed by atoms with van der Waals surface area (Å²) in [6.07, 6.45) is 2.71. The molecular formula is C10H15N3O2. The van der Waals surface area contributed by atoms with Gasteiger partial charge in [-0.15, -0.1) is 0 Å². The van der Waals surface area contributed by atoms with Crippen LogP contribution in [0.1, 0.15) is 26.5 Å². The van der Waals surface area contributed by atoms with E-state index in [4.69, 9.17) is 4.74 Å². The molecule has 15 heavy (non-hydrogen) atoms. The van der Waals surface area contributed by atoms with Gasteiger partial charge < -0.3 is 9.72 Å². The van der Waals surface area contributed by atoms with Crippen LogP contribution in [0.25, 0.3) is 0 Å². The lowest BCUT2D eigenvalue weighted by atomic mass is 10.2. The van der Waals surface area contributed by atoms with Gasteiger partial charge in [0, 0.05) is 6.20 Å². The number of hydrazone groups is 1. The molecule has 0 atom stereocenters. The summed E-state index contributed by atoms with van der Waals surface area (Å²) in [5.41, 5.74) is 2.57. The van der Waals surface area contributed by atoms with E-state index >= 15 is 0 Å². The minimum atomic E-state index is -0.565. The molecule has 5 nitrogen and oxygen atoms in total. The van der Waals surface area contributed by atoms with Crippen molar-refractivity contribution in [3.8, 4) is 0 Å². The number of aromatic amines is 1. The molecule has 0 saturated carbocycles. The van der Waals surface area contributed by atoms with E-state index in [1.54, 1.807) is 27.0 Å². The normalized spacial score (nSPS) is 11.7. The second-order valence-corrected chi connectivity index (χ2v) is 4.00. The quantitative estimate of drug-likeness (QED) is 0.576. The third-order valence-corrected chi connectivity index (χ3v) is 1.38. The molecule has 1 rings (SSSR count). The summed E-state index contributed by atoms with van der Waals surface area (Å²) in [6.45, 7) is 5.38. The van der Waals surface area contributed by atoms with Gasteiger partial charge in [-0.2, -0.15) is 5.10 Å². The largest absolute Gasteiger partial charge is 0.443 e. The molecule has 0 aliphatic carbocycles. The van der Waals surface area contributed by atoms with Crippen LogP contribution in [-0.2, 0) is 4.74 Å². The summed E-state index contributed by atoms with van der Waals surface area (Å²) in [6, 6.07) is 3.68. The number of H-pyrrole nitrogens is 1. The maximum atomic E-state index is 11.1. The van der Waals surface area contributed by atoms with Gasteiger partial charge in [0.1, 0.15) is 5.60 Å². The summed E-state index contributed by atoms with van der Waals surface area (Å²) < 4.78 is 4.98. The molecule has 0 unspecified atom stereocenters. The van der Waals surface area contributed by atoms with E-state index in [9.17, 15) is 4.79 Å². The Hall–Kier alpha value is -1.78. The molecule has 1 aromatic heterocycles. The maximum Gasteiger partial charge on any atom is 0.428 e. The molecule has 1 aromatic rings. The monoisotopic (exact) mass is 209 g/mol. The van der Waals surface area contributed by atoms with Crippen molar-refractivity contribution in [2.75, 3.05) is 0 Å². The van der Waals surface area contributed by atoms with E-state index in [-0.39, 0.29) is 0 Å². The molecule has 0 aromatic carbocycles. The van der Waals surface area contributed by atoms with Crippen LogP contribution in [0.5, 0.6) is 0 Å². The Morgan fingerprint density at radius 1 is 1.60 bits per heavy atom. The number of ether oxygens (including phenoxy) is 1. The molecule has 0 spiro atoms. The van der Waals surface area contributed by atoms with E-state index in [1.807, 2.05) is 12.1 Å². The number of carbonyl (C=O) groups is 1.